The molecule has 2 N–H and O–H groups in total. The normalized spacial score (nSPS) is 10.8. The van der Waals surface area contributed by atoms with E-state index in [1.165, 1.54) is 28.4 Å². The molecule has 0 bridgehead atoms. The maximum absolute atomic E-state index is 13.3. The van der Waals surface area contributed by atoms with E-state index >= 15 is 0 Å². The molecule has 32 heavy (non-hydrogen) atoms. The molecule has 0 amide bonds. The van der Waals surface area contributed by atoms with Gasteiger partial charge in [0.25, 0.3) is 0 Å². The summed E-state index contributed by atoms with van der Waals surface area (Å²) in [5, 5.41) is 10.9. The molecule has 0 aliphatic carbocycles. The Morgan fingerprint density at radius 3 is 2.00 bits per heavy atom. The second-order valence-electron chi connectivity index (χ2n) is 7.09. The number of rotatable bonds is 7. The molecule has 1 heterocycles. The number of aromatic amines is 1. The van der Waals surface area contributed by atoms with Gasteiger partial charge < -0.3 is 29.0 Å². The maximum Gasteiger partial charge on any atom is 0.203 e. The Morgan fingerprint density at radius 2 is 1.41 bits per heavy atom. The summed E-state index contributed by atoms with van der Waals surface area (Å²) in [4.78, 5) is 16.5. The summed E-state index contributed by atoms with van der Waals surface area (Å²) in [6, 6.07) is 14.2. The molecule has 0 unspecified atom stereocenters. The van der Waals surface area contributed by atoms with Gasteiger partial charge in [0.2, 0.25) is 5.75 Å². The smallest absolute Gasteiger partial charge is 0.203 e. The third-order valence-electron chi connectivity index (χ3n) is 5.37. The Morgan fingerprint density at radius 1 is 0.781 bits per heavy atom. The lowest BCUT2D eigenvalue weighted by atomic mass is 9.99. The Balaban J connectivity index is 1.73. The van der Waals surface area contributed by atoms with Crippen molar-refractivity contribution in [1.82, 2.24) is 4.98 Å². The fourth-order valence-corrected chi connectivity index (χ4v) is 3.73. The van der Waals surface area contributed by atoms with Crippen LogP contribution in [0.4, 0.5) is 0 Å². The first-order valence-electron chi connectivity index (χ1n) is 9.84. The van der Waals surface area contributed by atoms with Crippen LogP contribution in [0.2, 0.25) is 0 Å². The molecule has 7 nitrogen and oxygen atoms in total. The summed E-state index contributed by atoms with van der Waals surface area (Å²) in [6.07, 6.45) is 1.69. The molecule has 0 saturated carbocycles. The molecule has 0 fully saturated rings. The highest BCUT2D eigenvalue weighted by atomic mass is 16.5. The number of hydrogen-bond acceptors (Lipinski definition) is 6. The standard InChI is InChI=1S/C25H23NO6/c1-29-21-8-6-15(10-20(21)27)14-5-7-17-18(13-26-19(17)9-14)24(28)16-11-22(30-2)25(32-4)23(12-16)31-3/h5-13,26-27H,1-4H3. The molecule has 4 rings (SSSR count). The van der Waals surface area contributed by atoms with Gasteiger partial charge in [0.15, 0.2) is 28.8 Å². The minimum absolute atomic E-state index is 0.0647. The van der Waals surface area contributed by atoms with Gasteiger partial charge in [-0.2, -0.15) is 0 Å². The van der Waals surface area contributed by atoms with Crippen molar-refractivity contribution in [2.45, 2.75) is 0 Å². The van der Waals surface area contributed by atoms with Crippen LogP contribution in [0.3, 0.4) is 0 Å². The molecule has 0 saturated heterocycles. The van der Waals surface area contributed by atoms with Crippen LogP contribution in [0.15, 0.2) is 54.7 Å². The molecule has 3 aromatic carbocycles. The zero-order chi connectivity index (χ0) is 22.8. The number of hydrogen-bond donors (Lipinski definition) is 2. The van der Waals surface area contributed by atoms with Crippen molar-refractivity contribution in [3.63, 3.8) is 0 Å². The van der Waals surface area contributed by atoms with Crippen LogP contribution in [0.1, 0.15) is 15.9 Å². The van der Waals surface area contributed by atoms with Crippen LogP contribution in [-0.2, 0) is 0 Å². The molecule has 0 aliphatic heterocycles. The van der Waals surface area contributed by atoms with E-state index in [0.717, 1.165) is 22.0 Å². The van der Waals surface area contributed by atoms with E-state index in [9.17, 15) is 9.90 Å². The Labute approximate surface area is 185 Å². The van der Waals surface area contributed by atoms with Gasteiger partial charge in [0, 0.05) is 28.2 Å². The van der Waals surface area contributed by atoms with Crippen LogP contribution >= 0.6 is 0 Å². The molecule has 0 atom stereocenters. The fraction of sp³-hybridized carbons (Fsp3) is 0.160. The van der Waals surface area contributed by atoms with Gasteiger partial charge in [-0.3, -0.25) is 4.79 Å². The second kappa shape index (κ2) is 8.55. The summed E-state index contributed by atoms with van der Waals surface area (Å²) >= 11 is 0. The van der Waals surface area contributed by atoms with Crippen LogP contribution in [0.25, 0.3) is 22.0 Å². The van der Waals surface area contributed by atoms with E-state index in [0.29, 0.717) is 34.1 Å². The Bertz CT molecular complexity index is 1280. The van der Waals surface area contributed by atoms with E-state index in [1.54, 1.807) is 30.5 Å². The van der Waals surface area contributed by atoms with Gasteiger partial charge in [-0.25, -0.2) is 0 Å². The number of phenols is 1. The number of ketones is 1. The zero-order valence-corrected chi connectivity index (χ0v) is 18.2. The van der Waals surface area contributed by atoms with Gasteiger partial charge in [0.05, 0.1) is 28.4 Å². The Hall–Kier alpha value is -4.13. The largest absolute Gasteiger partial charge is 0.504 e. The van der Waals surface area contributed by atoms with Gasteiger partial charge in [-0.05, 0) is 41.5 Å². The number of phenolic OH excluding ortho intramolecular Hbond substituents is 1. The van der Waals surface area contributed by atoms with Crippen molar-refractivity contribution >= 4 is 16.7 Å². The van der Waals surface area contributed by atoms with Crippen molar-refractivity contribution in [3.05, 3.63) is 65.9 Å². The molecule has 1 aromatic heterocycles. The highest BCUT2D eigenvalue weighted by Gasteiger charge is 2.20. The summed E-state index contributed by atoms with van der Waals surface area (Å²) in [7, 11) is 6.04. The molecule has 4 aromatic rings. The molecule has 7 heteroatoms. The highest BCUT2D eigenvalue weighted by molar-refractivity contribution is 6.17. The van der Waals surface area contributed by atoms with Gasteiger partial charge >= 0.3 is 0 Å². The summed E-state index contributed by atoms with van der Waals surface area (Å²) < 4.78 is 21.2. The van der Waals surface area contributed by atoms with Gasteiger partial charge in [-0.15, -0.1) is 0 Å². The molecule has 0 aliphatic rings. The molecule has 164 valence electrons. The molecular formula is C25H23NO6. The van der Waals surface area contributed by atoms with E-state index in [-0.39, 0.29) is 11.5 Å². The molecular weight excluding hydrogens is 410 g/mol. The number of ether oxygens (including phenoxy) is 4. The quantitative estimate of drug-likeness (QED) is 0.407. The monoisotopic (exact) mass is 433 g/mol. The number of fused-ring (bicyclic) bond motifs is 1. The zero-order valence-electron chi connectivity index (χ0n) is 18.2. The van der Waals surface area contributed by atoms with E-state index in [2.05, 4.69) is 4.98 Å². The third kappa shape index (κ3) is 3.58. The first kappa shape index (κ1) is 21.1. The minimum Gasteiger partial charge on any atom is -0.504 e. The first-order chi connectivity index (χ1) is 15.5. The van der Waals surface area contributed by atoms with Crippen LogP contribution in [0, 0.1) is 0 Å². The van der Waals surface area contributed by atoms with Gasteiger partial charge in [0.1, 0.15) is 0 Å². The number of carbonyl (C=O) groups excluding carboxylic acids is 1. The fourth-order valence-electron chi connectivity index (χ4n) is 3.73. The van der Waals surface area contributed by atoms with E-state index < -0.39 is 0 Å². The van der Waals surface area contributed by atoms with Crippen molar-refractivity contribution in [1.29, 1.82) is 0 Å². The number of methoxy groups -OCH3 is 4. The second-order valence-corrected chi connectivity index (χ2v) is 7.09. The summed E-state index contributed by atoms with van der Waals surface area (Å²) in [5.74, 6) is 1.55. The number of benzene rings is 3. The lowest BCUT2D eigenvalue weighted by molar-refractivity contribution is 0.103. The SMILES string of the molecule is COc1ccc(-c2ccc3c(C(=O)c4cc(OC)c(OC)c(OC)c4)c[nH]c3c2)cc1O. The topological polar surface area (TPSA) is 90.0 Å². The molecule has 0 radical (unpaired) electrons. The van der Waals surface area contributed by atoms with Crippen LogP contribution in [-0.4, -0.2) is 44.3 Å². The summed E-state index contributed by atoms with van der Waals surface area (Å²) in [6.45, 7) is 0. The number of H-pyrrole nitrogens is 1. The molecule has 0 spiro atoms. The van der Waals surface area contributed by atoms with Gasteiger partial charge in [-0.1, -0.05) is 18.2 Å². The average Bonchev–Trinajstić information content (AvgIpc) is 3.25. The van der Waals surface area contributed by atoms with Crippen molar-refractivity contribution in [3.8, 4) is 39.9 Å². The highest BCUT2D eigenvalue weighted by Crippen LogP contribution is 2.39. The van der Waals surface area contributed by atoms with E-state index in [1.807, 2.05) is 24.3 Å². The maximum atomic E-state index is 13.3. The Kier molecular flexibility index (Phi) is 5.64. The lowest BCUT2D eigenvalue weighted by Crippen LogP contribution is -2.03. The van der Waals surface area contributed by atoms with Crippen molar-refractivity contribution in [2.24, 2.45) is 0 Å². The lowest BCUT2D eigenvalue weighted by Gasteiger charge is -2.13. The number of carbonyl (C=O) groups is 1. The van der Waals surface area contributed by atoms with Crippen LogP contribution in [0.5, 0.6) is 28.7 Å². The van der Waals surface area contributed by atoms with Crippen molar-refractivity contribution < 1.29 is 28.8 Å². The third-order valence-corrected chi connectivity index (χ3v) is 5.37. The van der Waals surface area contributed by atoms with Crippen LogP contribution < -0.4 is 18.9 Å². The number of aromatic nitrogens is 1. The minimum atomic E-state index is -0.176. The number of nitrogens with one attached hydrogen (secondary N) is 1. The van der Waals surface area contributed by atoms with E-state index in [4.69, 9.17) is 18.9 Å². The van der Waals surface area contributed by atoms with Crippen molar-refractivity contribution in [2.75, 3.05) is 28.4 Å². The first-order valence-corrected chi connectivity index (χ1v) is 9.84. The average molecular weight is 433 g/mol. The predicted octanol–water partition coefficient (Wildman–Crippen LogP) is 4.81. The summed E-state index contributed by atoms with van der Waals surface area (Å²) in [5.41, 5.74) is 3.47. The predicted molar refractivity (Wildman–Crippen MR) is 121 cm³/mol. The number of aromatic hydroxyl groups is 1.